The maximum atomic E-state index is 13.9. The molecule has 29 heavy (non-hydrogen) atoms. The van der Waals surface area contributed by atoms with Crippen LogP contribution < -0.4 is 15.4 Å². The summed E-state index contributed by atoms with van der Waals surface area (Å²) < 4.78 is 33.2. The van der Waals surface area contributed by atoms with Gasteiger partial charge in [-0.3, -0.25) is 9.59 Å². The molecule has 1 aliphatic rings. The number of aryl methyl sites for hydroxylation is 1. The van der Waals surface area contributed by atoms with Crippen LogP contribution >= 0.6 is 0 Å². The molecular formula is C21H19F2N3O3. The predicted octanol–water partition coefficient (Wildman–Crippen LogP) is 3.20. The average molecular weight is 399 g/mol. The second-order valence-corrected chi connectivity index (χ2v) is 7.13. The topological polar surface area (TPSA) is 83.2 Å². The summed E-state index contributed by atoms with van der Waals surface area (Å²) in [6.45, 7) is 3.32. The molecule has 3 aromatic rings. The molecule has 1 aromatic heterocycles. The molecule has 0 spiro atoms. The number of para-hydroxylation sites is 2. The molecule has 2 heterocycles. The van der Waals surface area contributed by atoms with Crippen molar-refractivity contribution in [2.24, 2.45) is 0 Å². The van der Waals surface area contributed by atoms with Gasteiger partial charge >= 0.3 is 0 Å². The van der Waals surface area contributed by atoms with Gasteiger partial charge < -0.3 is 20.4 Å². The number of halogens is 2. The van der Waals surface area contributed by atoms with E-state index in [0.29, 0.717) is 34.5 Å². The fourth-order valence-corrected chi connectivity index (χ4v) is 3.51. The number of anilines is 1. The lowest BCUT2D eigenvalue weighted by atomic mass is 10.0. The zero-order chi connectivity index (χ0) is 20.8. The van der Waals surface area contributed by atoms with Gasteiger partial charge in [0.1, 0.15) is 17.4 Å². The highest BCUT2D eigenvalue weighted by molar-refractivity contribution is 6.15. The fourth-order valence-electron chi connectivity index (χ4n) is 3.51. The Morgan fingerprint density at radius 3 is 2.79 bits per heavy atom. The number of ether oxygens (including phenoxy) is 1. The van der Waals surface area contributed by atoms with E-state index in [1.165, 1.54) is 13.0 Å². The lowest BCUT2D eigenvalue weighted by Gasteiger charge is -2.33. The zero-order valence-corrected chi connectivity index (χ0v) is 15.9. The number of aromatic amines is 1. The smallest absolute Gasteiger partial charge is 0.278 e. The lowest BCUT2D eigenvalue weighted by molar-refractivity contribution is -0.146. The number of carbonyl (C=O) groups is 2. The van der Waals surface area contributed by atoms with E-state index in [4.69, 9.17) is 4.74 Å². The van der Waals surface area contributed by atoms with Crippen LogP contribution in [0.1, 0.15) is 18.2 Å². The number of amides is 2. The van der Waals surface area contributed by atoms with Gasteiger partial charge in [0, 0.05) is 23.7 Å². The maximum absolute atomic E-state index is 13.9. The van der Waals surface area contributed by atoms with Crippen molar-refractivity contribution >= 4 is 28.4 Å². The number of carbonyl (C=O) groups excluding carboxylic acids is 2. The molecule has 150 valence electrons. The molecule has 2 amide bonds. The van der Waals surface area contributed by atoms with E-state index in [1.54, 1.807) is 31.2 Å². The van der Waals surface area contributed by atoms with Crippen molar-refractivity contribution in [3.05, 3.63) is 59.3 Å². The molecule has 0 saturated heterocycles. The van der Waals surface area contributed by atoms with Gasteiger partial charge in [0.15, 0.2) is 0 Å². The molecule has 1 atom stereocenters. The molecular weight excluding hydrogens is 380 g/mol. The van der Waals surface area contributed by atoms with E-state index in [-0.39, 0.29) is 12.1 Å². The largest absolute Gasteiger partial charge is 0.466 e. The van der Waals surface area contributed by atoms with E-state index in [1.807, 2.05) is 0 Å². The minimum absolute atomic E-state index is 0.165. The van der Waals surface area contributed by atoms with Gasteiger partial charge in [0.05, 0.1) is 11.2 Å². The van der Waals surface area contributed by atoms with E-state index in [2.05, 4.69) is 15.6 Å². The monoisotopic (exact) mass is 399 g/mol. The number of H-pyrrole nitrogens is 1. The first kappa shape index (κ1) is 18.9. The van der Waals surface area contributed by atoms with Crippen LogP contribution in [0, 0.1) is 18.6 Å². The van der Waals surface area contributed by atoms with Crippen LogP contribution in [0.4, 0.5) is 14.5 Å². The molecule has 1 aliphatic heterocycles. The first-order chi connectivity index (χ1) is 13.8. The van der Waals surface area contributed by atoms with Crippen molar-refractivity contribution in [1.29, 1.82) is 0 Å². The normalized spacial score (nSPS) is 18.1. The Hall–Kier alpha value is -3.42. The average Bonchev–Trinajstić information content (AvgIpc) is 2.98. The predicted molar refractivity (Wildman–Crippen MR) is 104 cm³/mol. The van der Waals surface area contributed by atoms with Crippen molar-refractivity contribution in [1.82, 2.24) is 10.3 Å². The van der Waals surface area contributed by atoms with Crippen LogP contribution in [0.25, 0.3) is 10.9 Å². The van der Waals surface area contributed by atoms with Crippen LogP contribution in [0.5, 0.6) is 5.75 Å². The zero-order valence-electron chi connectivity index (χ0n) is 15.9. The number of fused-ring (bicyclic) bond motifs is 2. The highest BCUT2D eigenvalue weighted by atomic mass is 19.1. The molecule has 0 radical (unpaired) electrons. The highest BCUT2D eigenvalue weighted by Crippen LogP contribution is 2.33. The van der Waals surface area contributed by atoms with Gasteiger partial charge in [-0.25, -0.2) is 8.78 Å². The Balaban J connectivity index is 1.49. The molecule has 6 nitrogen and oxygen atoms in total. The third-order valence-corrected chi connectivity index (χ3v) is 5.12. The number of benzene rings is 2. The van der Waals surface area contributed by atoms with E-state index in [9.17, 15) is 18.4 Å². The van der Waals surface area contributed by atoms with E-state index in [0.717, 1.165) is 6.07 Å². The Labute approximate surface area is 165 Å². The number of hydrogen-bond donors (Lipinski definition) is 3. The molecule has 1 unspecified atom stereocenters. The maximum Gasteiger partial charge on any atom is 0.278 e. The van der Waals surface area contributed by atoms with Crippen molar-refractivity contribution in [3.8, 4) is 5.75 Å². The summed E-state index contributed by atoms with van der Waals surface area (Å²) in [6, 6.07) is 8.92. The second-order valence-electron chi connectivity index (χ2n) is 7.13. The van der Waals surface area contributed by atoms with Crippen molar-refractivity contribution in [2.45, 2.75) is 25.9 Å². The molecule has 8 heteroatoms. The number of nitrogens with one attached hydrogen (secondary N) is 3. The molecule has 0 aliphatic carbocycles. The first-order valence-corrected chi connectivity index (χ1v) is 9.13. The summed E-state index contributed by atoms with van der Waals surface area (Å²) in [6.07, 6.45) is 0.328. The van der Waals surface area contributed by atoms with Gasteiger partial charge in [-0.1, -0.05) is 12.1 Å². The molecule has 2 aromatic carbocycles. The molecule has 4 rings (SSSR count). The van der Waals surface area contributed by atoms with E-state index < -0.39 is 29.0 Å². The van der Waals surface area contributed by atoms with Gasteiger partial charge in [0.2, 0.25) is 0 Å². The number of rotatable bonds is 4. The SMILES string of the molecule is Cc1[nH]c2c(F)cc(F)cc2c1CCNC(=O)C1(C)Oc2ccccc2NC1=O. The van der Waals surface area contributed by atoms with Gasteiger partial charge in [0.25, 0.3) is 17.4 Å². The number of hydrogen-bond acceptors (Lipinski definition) is 3. The summed E-state index contributed by atoms with van der Waals surface area (Å²) in [7, 11) is 0. The van der Waals surface area contributed by atoms with Crippen molar-refractivity contribution in [3.63, 3.8) is 0 Å². The van der Waals surface area contributed by atoms with Crippen LogP contribution in [0.2, 0.25) is 0 Å². The number of aromatic nitrogens is 1. The van der Waals surface area contributed by atoms with Crippen molar-refractivity contribution < 1.29 is 23.1 Å². The van der Waals surface area contributed by atoms with Crippen LogP contribution in [-0.2, 0) is 16.0 Å². The van der Waals surface area contributed by atoms with E-state index >= 15 is 0 Å². The molecule has 0 bridgehead atoms. The Bertz CT molecular complexity index is 1140. The standard InChI is InChI=1S/C21H19F2N3O3/c1-11-13(14-9-12(22)10-15(23)18(14)25-11)7-8-24-19(27)21(2)20(28)26-16-5-3-4-6-17(16)29-21/h3-6,9-10,25H,7-8H2,1-2H3,(H,24,27)(H,26,28). The quantitative estimate of drug-likeness (QED) is 0.589. The Kier molecular flexibility index (Phi) is 4.49. The van der Waals surface area contributed by atoms with Gasteiger partial charge in [-0.15, -0.1) is 0 Å². The summed E-state index contributed by atoms with van der Waals surface area (Å²) in [5, 5.41) is 5.79. The van der Waals surface area contributed by atoms with Crippen molar-refractivity contribution in [2.75, 3.05) is 11.9 Å². The van der Waals surface area contributed by atoms with Crippen LogP contribution in [0.3, 0.4) is 0 Å². The molecule has 0 saturated carbocycles. The van der Waals surface area contributed by atoms with Crippen LogP contribution in [-0.4, -0.2) is 28.9 Å². The third kappa shape index (κ3) is 3.20. The van der Waals surface area contributed by atoms with Gasteiger partial charge in [-0.2, -0.15) is 0 Å². The Morgan fingerprint density at radius 2 is 2.00 bits per heavy atom. The summed E-state index contributed by atoms with van der Waals surface area (Å²) >= 11 is 0. The summed E-state index contributed by atoms with van der Waals surface area (Å²) in [5.74, 6) is -2.10. The fraction of sp³-hybridized carbons (Fsp3) is 0.238. The molecule has 3 N–H and O–H groups in total. The highest BCUT2D eigenvalue weighted by Gasteiger charge is 2.47. The minimum Gasteiger partial charge on any atom is -0.466 e. The first-order valence-electron chi connectivity index (χ1n) is 9.13. The third-order valence-electron chi connectivity index (χ3n) is 5.12. The van der Waals surface area contributed by atoms with Gasteiger partial charge in [-0.05, 0) is 44.0 Å². The minimum atomic E-state index is -1.72. The Morgan fingerprint density at radius 1 is 1.24 bits per heavy atom. The summed E-state index contributed by atoms with van der Waals surface area (Å²) in [4.78, 5) is 28.0. The van der Waals surface area contributed by atoms with Crippen LogP contribution in [0.15, 0.2) is 36.4 Å². The molecule has 0 fully saturated rings. The second kappa shape index (κ2) is 6.88. The lowest BCUT2D eigenvalue weighted by Crippen LogP contribution is -2.58. The summed E-state index contributed by atoms with van der Waals surface area (Å²) in [5.41, 5.74) is 0.390.